The van der Waals surface area contributed by atoms with Crippen LogP contribution in [0.15, 0.2) is 17.8 Å². The fourth-order valence-electron chi connectivity index (χ4n) is 2.58. The maximum absolute atomic E-state index is 13.2. The topological polar surface area (TPSA) is 101 Å². The molecule has 1 aliphatic rings. The number of ether oxygens (including phenoxy) is 3. The Morgan fingerprint density at radius 3 is 2.46 bits per heavy atom. The zero-order valence-electron chi connectivity index (χ0n) is 16.2. The highest BCUT2D eigenvalue weighted by Crippen LogP contribution is 2.21. The van der Waals surface area contributed by atoms with E-state index in [0.717, 1.165) is 0 Å². The second-order valence-corrected chi connectivity index (χ2v) is 6.40. The maximum Gasteiger partial charge on any atom is 0.407 e. The summed E-state index contributed by atoms with van der Waals surface area (Å²) in [7, 11) is 2.87. The fourth-order valence-corrected chi connectivity index (χ4v) is 2.58. The molecule has 148 valence electrons. The molecule has 0 spiro atoms. The largest absolute Gasteiger partial charge is 0.453 e. The molecule has 26 heavy (non-hydrogen) atoms. The Labute approximate surface area is 154 Å². The van der Waals surface area contributed by atoms with E-state index in [1.165, 1.54) is 13.3 Å². The van der Waals surface area contributed by atoms with Crippen LogP contribution in [0.1, 0.15) is 20.8 Å². The number of rotatable bonds is 8. The van der Waals surface area contributed by atoms with Gasteiger partial charge in [-0.2, -0.15) is 0 Å². The zero-order valence-corrected chi connectivity index (χ0v) is 16.2. The number of aliphatic imine (C=N–C) groups is 1. The third-order valence-electron chi connectivity index (χ3n) is 3.96. The molecule has 1 saturated heterocycles. The van der Waals surface area contributed by atoms with E-state index in [1.807, 2.05) is 13.8 Å². The Morgan fingerprint density at radius 1 is 1.38 bits per heavy atom. The number of carbonyl (C=O) groups excluding carboxylic acids is 2. The van der Waals surface area contributed by atoms with Gasteiger partial charge < -0.3 is 29.7 Å². The van der Waals surface area contributed by atoms with Gasteiger partial charge in [0.2, 0.25) is 5.91 Å². The second-order valence-electron chi connectivity index (χ2n) is 6.40. The monoisotopic (exact) mass is 370 g/mol. The van der Waals surface area contributed by atoms with Crippen molar-refractivity contribution in [2.75, 3.05) is 40.5 Å². The van der Waals surface area contributed by atoms with Crippen molar-refractivity contribution in [3.05, 3.63) is 12.8 Å². The first-order valence-electron chi connectivity index (χ1n) is 8.50. The summed E-state index contributed by atoms with van der Waals surface area (Å²) >= 11 is 0. The number of nitrogens with zero attached hydrogens (tertiary/aromatic N) is 2. The van der Waals surface area contributed by atoms with Crippen LogP contribution in [-0.4, -0.2) is 75.0 Å². The van der Waals surface area contributed by atoms with E-state index in [-0.39, 0.29) is 24.9 Å². The first-order chi connectivity index (χ1) is 12.3. The molecule has 1 unspecified atom stereocenters. The average molecular weight is 370 g/mol. The molecule has 1 atom stereocenters. The van der Waals surface area contributed by atoms with Gasteiger partial charge in [0.25, 0.3) is 0 Å². The van der Waals surface area contributed by atoms with Gasteiger partial charge >= 0.3 is 6.09 Å². The summed E-state index contributed by atoms with van der Waals surface area (Å²) in [4.78, 5) is 30.5. The van der Waals surface area contributed by atoms with Gasteiger partial charge in [-0.3, -0.25) is 9.79 Å². The van der Waals surface area contributed by atoms with Crippen LogP contribution in [0.25, 0.3) is 0 Å². The van der Waals surface area contributed by atoms with E-state index >= 15 is 0 Å². The van der Waals surface area contributed by atoms with Gasteiger partial charge in [0.15, 0.2) is 5.79 Å². The van der Waals surface area contributed by atoms with Gasteiger partial charge in [0, 0.05) is 7.05 Å². The van der Waals surface area contributed by atoms with E-state index in [1.54, 1.807) is 18.9 Å². The molecular formula is C17H30N4O5. The summed E-state index contributed by atoms with van der Waals surface area (Å²) in [6.45, 7) is 10.4. The Kier molecular flexibility index (Phi) is 8.53. The Morgan fingerprint density at radius 2 is 2.00 bits per heavy atom. The minimum atomic E-state index is -0.907. The maximum atomic E-state index is 13.2. The van der Waals surface area contributed by atoms with E-state index in [0.29, 0.717) is 19.0 Å². The molecular weight excluding hydrogens is 340 g/mol. The summed E-state index contributed by atoms with van der Waals surface area (Å²) in [5.41, 5.74) is 0. The van der Waals surface area contributed by atoms with Crippen molar-refractivity contribution in [2.45, 2.75) is 32.6 Å². The molecule has 2 N–H and O–H groups in total. The zero-order chi connectivity index (χ0) is 19.7. The summed E-state index contributed by atoms with van der Waals surface area (Å²) in [6.07, 6.45) is 0.826. The molecule has 0 aromatic heterocycles. The molecule has 0 saturated carbocycles. The van der Waals surface area contributed by atoms with Crippen molar-refractivity contribution in [3.63, 3.8) is 0 Å². The molecule has 9 nitrogen and oxygen atoms in total. The standard InChI is InChI=1S/C17H30N4O5/c1-7-19-13(18-5)10-21(11-17(4)25-8-9-26-17)15(22)14(12(2)3)20-16(23)24-6/h7,12,14H,1,8-11H2,2-6H3,(H,18,19)(H,20,23). The second kappa shape index (κ2) is 10.1. The summed E-state index contributed by atoms with van der Waals surface area (Å²) < 4.78 is 15.9. The predicted octanol–water partition coefficient (Wildman–Crippen LogP) is 0.720. The van der Waals surface area contributed by atoms with Crippen molar-refractivity contribution >= 4 is 17.8 Å². The molecule has 1 aliphatic heterocycles. The SMILES string of the molecule is C=CNC(CN(CC1(C)OCCO1)C(=O)C(NC(=O)OC)C(C)C)=NC. The van der Waals surface area contributed by atoms with Crippen LogP contribution >= 0.6 is 0 Å². The Hall–Kier alpha value is -2.13. The number of nitrogens with one attached hydrogen (secondary N) is 2. The first-order valence-corrected chi connectivity index (χ1v) is 8.50. The summed E-state index contributed by atoms with van der Waals surface area (Å²) in [5, 5.41) is 5.49. The van der Waals surface area contributed by atoms with Crippen LogP contribution in [0.4, 0.5) is 4.79 Å². The highest BCUT2D eigenvalue weighted by molar-refractivity contribution is 5.92. The molecule has 0 radical (unpaired) electrons. The number of methoxy groups -OCH3 is 1. The predicted molar refractivity (Wildman–Crippen MR) is 97.7 cm³/mol. The van der Waals surface area contributed by atoms with Crippen LogP contribution in [0, 0.1) is 5.92 Å². The molecule has 1 fully saturated rings. The normalized spacial score (nSPS) is 17.5. The quantitative estimate of drug-likeness (QED) is 0.482. The smallest absolute Gasteiger partial charge is 0.407 e. The van der Waals surface area contributed by atoms with Crippen molar-refractivity contribution < 1.29 is 23.8 Å². The first kappa shape index (κ1) is 21.9. The highest BCUT2D eigenvalue weighted by atomic mass is 16.7. The van der Waals surface area contributed by atoms with E-state index < -0.39 is 17.9 Å². The fraction of sp³-hybridized carbons (Fsp3) is 0.706. The molecule has 2 amide bonds. The number of amidine groups is 1. The molecule has 0 aromatic rings. The Balaban J connectivity index is 3.04. The number of alkyl carbamates (subject to hydrolysis) is 1. The van der Waals surface area contributed by atoms with Gasteiger partial charge in [-0.1, -0.05) is 20.4 Å². The molecule has 0 aliphatic carbocycles. The lowest BCUT2D eigenvalue weighted by molar-refractivity contribution is -0.166. The number of hydrogen-bond donors (Lipinski definition) is 2. The van der Waals surface area contributed by atoms with E-state index in [2.05, 4.69) is 26.9 Å². The lowest BCUT2D eigenvalue weighted by Gasteiger charge is -2.34. The van der Waals surface area contributed by atoms with Crippen LogP contribution in [-0.2, 0) is 19.0 Å². The molecule has 0 aromatic carbocycles. The number of amides is 2. The van der Waals surface area contributed by atoms with Gasteiger partial charge in [-0.15, -0.1) is 0 Å². The number of carbonyl (C=O) groups is 2. The van der Waals surface area contributed by atoms with Gasteiger partial charge in [-0.25, -0.2) is 4.79 Å². The van der Waals surface area contributed by atoms with Gasteiger partial charge in [0.1, 0.15) is 11.9 Å². The van der Waals surface area contributed by atoms with Crippen LogP contribution in [0.2, 0.25) is 0 Å². The van der Waals surface area contributed by atoms with E-state index in [9.17, 15) is 9.59 Å². The summed E-state index contributed by atoms with van der Waals surface area (Å²) in [5.74, 6) is -0.778. The molecule has 0 bridgehead atoms. The lowest BCUT2D eigenvalue weighted by atomic mass is 10.0. The van der Waals surface area contributed by atoms with Gasteiger partial charge in [0.05, 0.1) is 33.4 Å². The van der Waals surface area contributed by atoms with Crippen molar-refractivity contribution in [1.82, 2.24) is 15.5 Å². The van der Waals surface area contributed by atoms with Crippen LogP contribution in [0.5, 0.6) is 0 Å². The summed E-state index contributed by atoms with van der Waals surface area (Å²) in [6, 6.07) is -0.755. The third-order valence-corrected chi connectivity index (χ3v) is 3.96. The van der Waals surface area contributed by atoms with Crippen molar-refractivity contribution in [2.24, 2.45) is 10.9 Å². The number of hydrogen-bond acceptors (Lipinski definition) is 6. The van der Waals surface area contributed by atoms with Crippen molar-refractivity contribution in [3.8, 4) is 0 Å². The van der Waals surface area contributed by atoms with E-state index in [4.69, 9.17) is 9.47 Å². The average Bonchev–Trinajstić information content (AvgIpc) is 3.03. The van der Waals surface area contributed by atoms with Crippen LogP contribution < -0.4 is 10.6 Å². The van der Waals surface area contributed by atoms with Gasteiger partial charge in [-0.05, 0) is 19.0 Å². The minimum Gasteiger partial charge on any atom is -0.453 e. The molecule has 1 heterocycles. The molecule has 9 heteroatoms. The highest BCUT2D eigenvalue weighted by Gasteiger charge is 2.38. The lowest BCUT2D eigenvalue weighted by Crippen LogP contribution is -2.56. The Bertz CT molecular complexity index is 529. The van der Waals surface area contributed by atoms with Crippen LogP contribution in [0.3, 0.4) is 0 Å². The third kappa shape index (κ3) is 6.30. The molecule has 1 rings (SSSR count). The minimum absolute atomic E-state index is 0.142. The van der Waals surface area contributed by atoms with Crippen molar-refractivity contribution in [1.29, 1.82) is 0 Å².